The van der Waals surface area contributed by atoms with Gasteiger partial charge in [0.25, 0.3) is 0 Å². The second kappa shape index (κ2) is 7.36. The highest BCUT2D eigenvalue weighted by molar-refractivity contribution is 5.58. The number of methoxy groups -OCH3 is 1. The minimum absolute atomic E-state index is 0.978. The van der Waals surface area contributed by atoms with Crippen LogP contribution in [0, 0.1) is 0 Å². The second-order valence-corrected chi connectivity index (χ2v) is 4.96. The average Bonchev–Trinajstić information content (AvgIpc) is 2.48. The van der Waals surface area contributed by atoms with E-state index in [0.717, 1.165) is 38.5 Å². The Morgan fingerprint density at radius 1 is 1.16 bits per heavy atom. The van der Waals surface area contributed by atoms with Crippen LogP contribution in [0.5, 0.6) is 5.75 Å². The van der Waals surface area contributed by atoms with E-state index < -0.39 is 0 Å². The molecule has 2 rings (SSSR count). The first-order chi connectivity index (χ1) is 9.35. The molecule has 1 saturated heterocycles. The maximum atomic E-state index is 5.44. The molecule has 1 fully saturated rings. The lowest BCUT2D eigenvalue weighted by Crippen LogP contribution is -2.47. The molecule has 0 atom stereocenters. The molecule has 1 N–H and O–H groups in total. The second-order valence-electron chi connectivity index (χ2n) is 4.96. The van der Waals surface area contributed by atoms with Crippen molar-refractivity contribution >= 4 is 5.69 Å². The van der Waals surface area contributed by atoms with Crippen LogP contribution in [0.15, 0.2) is 24.3 Å². The number of hydrogen-bond donors (Lipinski definition) is 1. The van der Waals surface area contributed by atoms with Crippen molar-refractivity contribution in [1.82, 2.24) is 10.2 Å². The zero-order valence-electron chi connectivity index (χ0n) is 12.1. The standard InChI is InChI=1S/C15H25N3O/c1-16-8-5-9-17-10-12-18(13-11-17)14-6-3-4-7-15(14)19-2/h3-4,6-7,16H,5,8-13H2,1-2H3. The number of ether oxygens (including phenoxy) is 1. The minimum atomic E-state index is 0.978. The van der Waals surface area contributed by atoms with E-state index >= 15 is 0 Å². The van der Waals surface area contributed by atoms with E-state index in [1.54, 1.807) is 7.11 Å². The van der Waals surface area contributed by atoms with Crippen molar-refractivity contribution in [3.05, 3.63) is 24.3 Å². The van der Waals surface area contributed by atoms with E-state index in [-0.39, 0.29) is 0 Å². The lowest BCUT2D eigenvalue weighted by atomic mass is 10.2. The minimum Gasteiger partial charge on any atom is -0.495 e. The predicted octanol–water partition coefficient (Wildman–Crippen LogP) is 1.43. The Balaban J connectivity index is 1.85. The van der Waals surface area contributed by atoms with Gasteiger partial charge in [-0.25, -0.2) is 0 Å². The number of piperazine rings is 1. The van der Waals surface area contributed by atoms with E-state index in [9.17, 15) is 0 Å². The Labute approximate surface area is 116 Å². The van der Waals surface area contributed by atoms with Crippen molar-refractivity contribution in [3.8, 4) is 5.75 Å². The van der Waals surface area contributed by atoms with E-state index in [4.69, 9.17) is 4.74 Å². The van der Waals surface area contributed by atoms with Crippen molar-refractivity contribution in [2.75, 3.05) is 58.3 Å². The molecule has 0 saturated carbocycles. The molecule has 0 spiro atoms. The monoisotopic (exact) mass is 263 g/mol. The van der Waals surface area contributed by atoms with Gasteiger partial charge < -0.3 is 15.0 Å². The summed E-state index contributed by atoms with van der Waals surface area (Å²) < 4.78 is 5.44. The molecule has 106 valence electrons. The Morgan fingerprint density at radius 3 is 2.58 bits per heavy atom. The third-order valence-corrected chi connectivity index (χ3v) is 3.70. The van der Waals surface area contributed by atoms with Crippen LogP contribution in [-0.2, 0) is 0 Å². The van der Waals surface area contributed by atoms with Crippen LogP contribution in [0.3, 0.4) is 0 Å². The molecular formula is C15H25N3O. The van der Waals surface area contributed by atoms with Crippen LogP contribution in [0.1, 0.15) is 6.42 Å². The quantitative estimate of drug-likeness (QED) is 0.786. The number of nitrogens with one attached hydrogen (secondary N) is 1. The molecule has 0 radical (unpaired) electrons. The van der Waals surface area contributed by atoms with Crippen molar-refractivity contribution < 1.29 is 4.74 Å². The molecule has 0 aromatic heterocycles. The zero-order chi connectivity index (χ0) is 13.5. The van der Waals surface area contributed by atoms with Crippen LogP contribution in [0.4, 0.5) is 5.69 Å². The van der Waals surface area contributed by atoms with Gasteiger partial charge in [-0.05, 0) is 38.7 Å². The van der Waals surface area contributed by atoms with Crippen molar-refractivity contribution in [1.29, 1.82) is 0 Å². The first-order valence-corrected chi connectivity index (χ1v) is 7.10. The summed E-state index contributed by atoms with van der Waals surface area (Å²) >= 11 is 0. The molecule has 1 aromatic rings. The lowest BCUT2D eigenvalue weighted by molar-refractivity contribution is 0.254. The van der Waals surface area contributed by atoms with Crippen LogP contribution in [-0.4, -0.2) is 58.3 Å². The van der Waals surface area contributed by atoms with Gasteiger partial charge in [0.1, 0.15) is 5.75 Å². The third kappa shape index (κ3) is 3.85. The number of rotatable bonds is 6. The van der Waals surface area contributed by atoms with Gasteiger partial charge in [-0.2, -0.15) is 0 Å². The normalized spacial score (nSPS) is 16.6. The van der Waals surface area contributed by atoms with Gasteiger partial charge >= 0.3 is 0 Å². The first-order valence-electron chi connectivity index (χ1n) is 7.10. The zero-order valence-corrected chi connectivity index (χ0v) is 12.1. The lowest BCUT2D eigenvalue weighted by Gasteiger charge is -2.36. The number of nitrogens with zero attached hydrogens (tertiary/aromatic N) is 2. The van der Waals surface area contributed by atoms with Gasteiger partial charge in [-0.3, -0.25) is 4.90 Å². The molecule has 4 nitrogen and oxygen atoms in total. The fraction of sp³-hybridized carbons (Fsp3) is 0.600. The number of hydrogen-bond acceptors (Lipinski definition) is 4. The Hall–Kier alpha value is -1.26. The number of para-hydroxylation sites is 2. The van der Waals surface area contributed by atoms with E-state index in [1.807, 2.05) is 19.2 Å². The van der Waals surface area contributed by atoms with E-state index in [2.05, 4.69) is 27.2 Å². The summed E-state index contributed by atoms with van der Waals surface area (Å²) in [5.74, 6) is 0.978. The van der Waals surface area contributed by atoms with Crippen molar-refractivity contribution in [3.63, 3.8) is 0 Å². The molecule has 1 aliphatic rings. The number of anilines is 1. The summed E-state index contributed by atoms with van der Waals surface area (Å²) in [5.41, 5.74) is 1.22. The van der Waals surface area contributed by atoms with Crippen LogP contribution < -0.4 is 15.0 Å². The van der Waals surface area contributed by atoms with Crippen molar-refractivity contribution in [2.24, 2.45) is 0 Å². The Bertz CT molecular complexity index is 375. The maximum absolute atomic E-state index is 5.44. The molecule has 4 heteroatoms. The van der Waals surface area contributed by atoms with Gasteiger partial charge in [0.15, 0.2) is 0 Å². The maximum Gasteiger partial charge on any atom is 0.142 e. The fourth-order valence-corrected chi connectivity index (χ4v) is 2.58. The molecule has 1 heterocycles. The third-order valence-electron chi connectivity index (χ3n) is 3.70. The van der Waals surface area contributed by atoms with Crippen LogP contribution in [0.2, 0.25) is 0 Å². The Morgan fingerprint density at radius 2 is 1.89 bits per heavy atom. The summed E-state index contributed by atoms with van der Waals surface area (Å²) in [4.78, 5) is 4.97. The molecule has 0 bridgehead atoms. The summed E-state index contributed by atoms with van der Waals surface area (Å²) in [6, 6.07) is 8.29. The first kappa shape index (κ1) is 14.2. The Kier molecular flexibility index (Phi) is 5.48. The summed E-state index contributed by atoms with van der Waals surface area (Å²) in [6.07, 6.45) is 1.23. The molecule has 19 heavy (non-hydrogen) atoms. The average molecular weight is 263 g/mol. The molecule has 1 aromatic carbocycles. The van der Waals surface area contributed by atoms with Crippen LogP contribution >= 0.6 is 0 Å². The van der Waals surface area contributed by atoms with Gasteiger partial charge in [0.05, 0.1) is 12.8 Å². The van der Waals surface area contributed by atoms with Gasteiger partial charge in [-0.1, -0.05) is 12.1 Å². The van der Waals surface area contributed by atoms with Gasteiger partial charge in [-0.15, -0.1) is 0 Å². The van der Waals surface area contributed by atoms with Crippen molar-refractivity contribution in [2.45, 2.75) is 6.42 Å². The highest BCUT2D eigenvalue weighted by Gasteiger charge is 2.18. The largest absolute Gasteiger partial charge is 0.495 e. The highest BCUT2D eigenvalue weighted by atomic mass is 16.5. The van der Waals surface area contributed by atoms with Crippen LogP contribution in [0.25, 0.3) is 0 Å². The molecule has 0 aliphatic carbocycles. The summed E-state index contributed by atoms with van der Waals surface area (Å²) in [5, 5.41) is 3.20. The topological polar surface area (TPSA) is 27.7 Å². The molecule has 0 amide bonds. The summed E-state index contributed by atoms with van der Waals surface area (Å²) in [7, 11) is 3.76. The van der Waals surface area contributed by atoms with E-state index in [0.29, 0.717) is 0 Å². The highest BCUT2D eigenvalue weighted by Crippen LogP contribution is 2.28. The molecule has 0 unspecified atom stereocenters. The fourth-order valence-electron chi connectivity index (χ4n) is 2.58. The number of benzene rings is 1. The smallest absolute Gasteiger partial charge is 0.142 e. The molecule has 1 aliphatic heterocycles. The van der Waals surface area contributed by atoms with E-state index in [1.165, 1.54) is 18.7 Å². The van der Waals surface area contributed by atoms with Gasteiger partial charge in [0.2, 0.25) is 0 Å². The summed E-state index contributed by atoms with van der Waals surface area (Å²) in [6.45, 7) is 6.75. The van der Waals surface area contributed by atoms with Gasteiger partial charge in [0, 0.05) is 26.2 Å². The predicted molar refractivity (Wildman–Crippen MR) is 80.2 cm³/mol. The SMILES string of the molecule is CNCCCN1CCN(c2ccccc2OC)CC1. The molecular weight excluding hydrogens is 238 g/mol.